The number of aryl methyl sites for hydroxylation is 1. The second kappa shape index (κ2) is 8.91. The van der Waals surface area contributed by atoms with Gasteiger partial charge in [-0.1, -0.05) is 24.3 Å². The molecule has 0 saturated heterocycles. The number of ether oxygens (including phenoxy) is 3. The van der Waals surface area contributed by atoms with E-state index < -0.39 is 5.97 Å². The molecule has 4 rings (SSSR count). The normalized spacial score (nSPS) is 11.9. The maximum Gasteiger partial charge on any atom is 0.310 e. The summed E-state index contributed by atoms with van der Waals surface area (Å²) in [4.78, 5) is 24.4. The summed E-state index contributed by atoms with van der Waals surface area (Å²) < 4.78 is 17.5. The summed E-state index contributed by atoms with van der Waals surface area (Å²) in [7, 11) is 0. The molecule has 0 radical (unpaired) electrons. The standard InChI is InChI=1S/C23H23N3O5/c1-15-19(16(2)26(25-15)18-6-4-3-5-7-18)11-23(28)29-13-22(27)24-12-17-8-9-20-21(10-17)31-14-30-20/h3-10H,11-14H2,1-2H3,(H,24,27). The van der Waals surface area contributed by atoms with Gasteiger partial charge in [-0.3, -0.25) is 9.59 Å². The lowest BCUT2D eigenvalue weighted by molar-refractivity contribution is -0.147. The Bertz CT molecular complexity index is 1110. The van der Waals surface area contributed by atoms with Gasteiger partial charge in [0, 0.05) is 17.8 Å². The highest BCUT2D eigenvalue weighted by molar-refractivity contribution is 5.81. The number of fused-ring (bicyclic) bond motifs is 1. The van der Waals surface area contributed by atoms with Gasteiger partial charge in [0.1, 0.15) is 0 Å². The monoisotopic (exact) mass is 421 g/mol. The third kappa shape index (κ3) is 4.69. The van der Waals surface area contributed by atoms with E-state index in [1.54, 1.807) is 10.7 Å². The van der Waals surface area contributed by atoms with Crippen molar-refractivity contribution in [1.29, 1.82) is 0 Å². The Morgan fingerprint density at radius 3 is 2.68 bits per heavy atom. The van der Waals surface area contributed by atoms with Crippen molar-refractivity contribution in [3.8, 4) is 17.2 Å². The maximum absolute atomic E-state index is 12.3. The van der Waals surface area contributed by atoms with Gasteiger partial charge in [-0.25, -0.2) is 4.68 Å². The van der Waals surface area contributed by atoms with Crippen molar-refractivity contribution in [3.63, 3.8) is 0 Å². The van der Waals surface area contributed by atoms with E-state index in [1.165, 1.54) is 0 Å². The third-order valence-electron chi connectivity index (χ3n) is 5.05. The molecule has 8 heteroatoms. The molecule has 1 aliphatic heterocycles. The molecule has 0 unspecified atom stereocenters. The Balaban J connectivity index is 1.28. The molecule has 2 aromatic carbocycles. The molecule has 160 valence electrons. The zero-order valence-corrected chi connectivity index (χ0v) is 17.4. The van der Waals surface area contributed by atoms with Gasteiger partial charge in [0.15, 0.2) is 18.1 Å². The van der Waals surface area contributed by atoms with E-state index in [-0.39, 0.29) is 25.7 Å². The fourth-order valence-corrected chi connectivity index (χ4v) is 3.40. The number of amides is 1. The van der Waals surface area contributed by atoms with Gasteiger partial charge < -0.3 is 19.5 Å². The summed E-state index contributed by atoms with van der Waals surface area (Å²) in [6, 6.07) is 15.2. The number of nitrogens with one attached hydrogen (secondary N) is 1. The van der Waals surface area contributed by atoms with E-state index >= 15 is 0 Å². The summed E-state index contributed by atoms with van der Waals surface area (Å²) in [5.41, 5.74) is 4.21. The summed E-state index contributed by atoms with van der Waals surface area (Å²) in [5.74, 6) is 0.488. The summed E-state index contributed by atoms with van der Waals surface area (Å²) in [6.45, 7) is 3.93. The van der Waals surface area contributed by atoms with Crippen LogP contribution in [-0.2, 0) is 27.3 Å². The molecule has 0 spiro atoms. The molecule has 1 aromatic heterocycles. The lowest BCUT2D eigenvalue weighted by atomic mass is 10.1. The van der Waals surface area contributed by atoms with Crippen molar-refractivity contribution in [2.75, 3.05) is 13.4 Å². The average molecular weight is 421 g/mol. The van der Waals surface area contributed by atoms with Crippen LogP contribution in [0.5, 0.6) is 11.5 Å². The molecule has 0 saturated carbocycles. The minimum absolute atomic E-state index is 0.0555. The van der Waals surface area contributed by atoms with Crippen molar-refractivity contribution in [1.82, 2.24) is 15.1 Å². The Kier molecular flexibility index (Phi) is 5.88. The second-order valence-electron chi connectivity index (χ2n) is 7.20. The lowest BCUT2D eigenvalue weighted by Gasteiger charge is -2.08. The Labute approximate surface area is 179 Å². The number of aromatic nitrogens is 2. The fraction of sp³-hybridized carbons (Fsp3) is 0.261. The minimum atomic E-state index is -0.475. The minimum Gasteiger partial charge on any atom is -0.455 e. The molecule has 1 aliphatic rings. The summed E-state index contributed by atoms with van der Waals surface area (Å²) in [5, 5.41) is 7.26. The number of benzene rings is 2. The van der Waals surface area contributed by atoms with E-state index in [0.29, 0.717) is 18.0 Å². The molecule has 31 heavy (non-hydrogen) atoms. The van der Waals surface area contributed by atoms with Crippen molar-refractivity contribution >= 4 is 11.9 Å². The van der Waals surface area contributed by atoms with Gasteiger partial charge in [0.05, 0.1) is 17.8 Å². The molecular formula is C23H23N3O5. The first-order valence-electron chi connectivity index (χ1n) is 9.92. The van der Waals surface area contributed by atoms with Crippen molar-refractivity contribution in [2.45, 2.75) is 26.8 Å². The van der Waals surface area contributed by atoms with Crippen LogP contribution in [0, 0.1) is 13.8 Å². The zero-order chi connectivity index (χ0) is 21.8. The van der Waals surface area contributed by atoms with Crippen LogP contribution in [0.2, 0.25) is 0 Å². The molecule has 1 amide bonds. The van der Waals surface area contributed by atoms with E-state index in [1.807, 2.05) is 56.3 Å². The van der Waals surface area contributed by atoms with E-state index in [0.717, 1.165) is 28.2 Å². The number of hydrogen-bond donors (Lipinski definition) is 1. The van der Waals surface area contributed by atoms with Crippen LogP contribution in [0.1, 0.15) is 22.5 Å². The van der Waals surface area contributed by atoms with Gasteiger partial charge in [-0.2, -0.15) is 5.10 Å². The number of para-hydroxylation sites is 1. The predicted molar refractivity (Wildman–Crippen MR) is 112 cm³/mol. The van der Waals surface area contributed by atoms with Crippen LogP contribution in [-0.4, -0.2) is 35.1 Å². The Morgan fingerprint density at radius 2 is 1.87 bits per heavy atom. The third-order valence-corrected chi connectivity index (χ3v) is 5.05. The summed E-state index contributed by atoms with van der Waals surface area (Å²) in [6.07, 6.45) is 0.0555. The fourth-order valence-electron chi connectivity index (χ4n) is 3.40. The number of rotatable bonds is 7. The lowest BCUT2D eigenvalue weighted by Crippen LogP contribution is -2.28. The van der Waals surface area contributed by atoms with Crippen LogP contribution in [0.15, 0.2) is 48.5 Å². The van der Waals surface area contributed by atoms with Gasteiger partial charge >= 0.3 is 5.97 Å². The van der Waals surface area contributed by atoms with Crippen LogP contribution in [0.4, 0.5) is 0 Å². The molecule has 0 atom stereocenters. The van der Waals surface area contributed by atoms with Gasteiger partial charge in [0.25, 0.3) is 5.91 Å². The number of nitrogens with zero attached hydrogens (tertiary/aromatic N) is 2. The molecule has 0 fully saturated rings. The van der Waals surface area contributed by atoms with Crippen LogP contribution < -0.4 is 14.8 Å². The van der Waals surface area contributed by atoms with E-state index in [4.69, 9.17) is 14.2 Å². The van der Waals surface area contributed by atoms with Gasteiger partial charge in [0.2, 0.25) is 6.79 Å². The number of carbonyl (C=O) groups is 2. The first-order valence-corrected chi connectivity index (χ1v) is 9.92. The molecular weight excluding hydrogens is 398 g/mol. The summed E-state index contributed by atoms with van der Waals surface area (Å²) >= 11 is 0. The predicted octanol–water partition coefficient (Wildman–Crippen LogP) is 2.62. The number of carbonyl (C=O) groups excluding carboxylic acids is 2. The second-order valence-corrected chi connectivity index (χ2v) is 7.20. The zero-order valence-electron chi connectivity index (χ0n) is 17.4. The Morgan fingerprint density at radius 1 is 1.10 bits per heavy atom. The largest absolute Gasteiger partial charge is 0.455 e. The molecule has 8 nitrogen and oxygen atoms in total. The highest BCUT2D eigenvalue weighted by atomic mass is 16.7. The average Bonchev–Trinajstić information content (AvgIpc) is 3.36. The first-order chi connectivity index (χ1) is 15.0. The molecule has 2 heterocycles. The smallest absolute Gasteiger partial charge is 0.310 e. The Hall–Kier alpha value is -3.81. The molecule has 0 bridgehead atoms. The van der Waals surface area contributed by atoms with Crippen molar-refractivity contribution < 1.29 is 23.8 Å². The highest BCUT2D eigenvalue weighted by Crippen LogP contribution is 2.32. The topological polar surface area (TPSA) is 91.7 Å². The quantitative estimate of drug-likeness (QED) is 0.590. The maximum atomic E-state index is 12.3. The number of esters is 1. The van der Waals surface area contributed by atoms with Gasteiger partial charge in [-0.15, -0.1) is 0 Å². The van der Waals surface area contributed by atoms with Gasteiger partial charge in [-0.05, 0) is 43.7 Å². The SMILES string of the molecule is Cc1nn(-c2ccccc2)c(C)c1CC(=O)OCC(=O)NCc1ccc2c(c1)OCO2. The van der Waals surface area contributed by atoms with Crippen molar-refractivity contribution in [2.24, 2.45) is 0 Å². The molecule has 0 aliphatic carbocycles. The first kappa shape index (κ1) is 20.5. The molecule has 3 aromatic rings. The molecule has 1 N–H and O–H groups in total. The van der Waals surface area contributed by atoms with Crippen LogP contribution in [0.25, 0.3) is 5.69 Å². The van der Waals surface area contributed by atoms with E-state index in [2.05, 4.69) is 10.4 Å². The van der Waals surface area contributed by atoms with Crippen LogP contribution >= 0.6 is 0 Å². The van der Waals surface area contributed by atoms with E-state index in [9.17, 15) is 9.59 Å². The number of hydrogen-bond acceptors (Lipinski definition) is 6. The highest BCUT2D eigenvalue weighted by Gasteiger charge is 2.18. The van der Waals surface area contributed by atoms with Crippen LogP contribution in [0.3, 0.4) is 0 Å². The van der Waals surface area contributed by atoms with Crippen molar-refractivity contribution in [3.05, 3.63) is 71.0 Å².